The highest BCUT2D eigenvalue weighted by Crippen LogP contribution is 2.23. The third-order valence-corrected chi connectivity index (χ3v) is 6.26. The number of hydrogen-bond donors (Lipinski definition) is 1. The number of piperidine rings is 1. The van der Waals surface area contributed by atoms with Gasteiger partial charge in [0, 0.05) is 12.1 Å². The Hall–Kier alpha value is -1.93. The number of nitrogens with zero attached hydrogens (tertiary/aromatic N) is 1. The fraction of sp³-hybridized carbons (Fsp3) is 0.579. The zero-order valence-corrected chi connectivity index (χ0v) is 17.1. The molecule has 0 radical (unpaired) electrons. The number of benzene rings is 1. The molecule has 1 heterocycles. The number of nitrogens with one attached hydrogen (secondary N) is 1. The Kier molecular flexibility index (Phi) is 7.00. The van der Waals surface area contributed by atoms with Crippen LogP contribution in [0.15, 0.2) is 29.2 Å². The van der Waals surface area contributed by atoms with Crippen LogP contribution in [-0.2, 0) is 24.3 Å². The molecule has 0 spiro atoms. The summed E-state index contributed by atoms with van der Waals surface area (Å²) in [7, 11) is -3.81. The van der Waals surface area contributed by atoms with Crippen LogP contribution in [0.1, 0.15) is 45.6 Å². The van der Waals surface area contributed by atoms with Crippen LogP contribution in [0.25, 0.3) is 0 Å². The SMILES string of the molecule is Cc1ccc(S(=O)(=O)NCC(=O)O[C@@H](C)C(=O)N2[C@H](C)CCC[C@@H]2C)cc1. The van der Waals surface area contributed by atoms with Gasteiger partial charge in [-0.15, -0.1) is 0 Å². The normalized spacial score (nSPS) is 21.6. The lowest BCUT2D eigenvalue weighted by Crippen LogP contribution is -2.51. The largest absolute Gasteiger partial charge is 0.452 e. The maximum absolute atomic E-state index is 12.6. The quantitative estimate of drug-likeness (QED) is 0.743. The minimum Gasteiger partial charge on any atom is -0.452 e. The number of sulfonamides is 1. The van der Waals surface area contributed by atoms with Gasteiger partial charge < -0.3 is 9.64 Å². The molecule has 1 aliphatic rings. The minimum atomic E-state index is -3.81. The summed E-state index contributed by atoms with van der Waals surface area (Å²) in [6.07, 6.45) is 1.96. The molecule has 1 amide bonds. The molecule has 1 saturated heterocycles. The number of carbonyl (C=O) groups is 2. The number of likely N-dealkylation sites (tertiary alicyclic amines) is 1. The van der Waals surface area contributed by atoms with Crippen molar-refractivity contribution in [2.75, 3.05) is 6.54 Å². The summed E-state index contributed by atoms with van der Waals surface area (Å²) in [6.45, 7) is 6.81. The van der Waals surface area contributed by atoms with Crippen LogP contribution in [0, 0.1) is 6.92 Å². The first-order chi connectivity index (χ1) is 12.6. The number of carbonyl (C=O) groups excluding carboxylic acids is 2. The van der Waals surface area contributed by atoms with E-state index in [0.29, 0.717) is 0 Å². The van der Waals surface area contributed by atoms with Gasteiger partial charge in [-0.2, -0.15) is 4.72 Å². The monoisotopic (exact) mass is 396 g/mol. The van der Waals surface area contributed by atoms with Gasteiger partial charge in [-0.25, -0.2) is 8.42 Å². The molecule has 1 aromatic rings. The van der Waals surface area contributed by atoms with Gasteiger partial charge in [-0.05, 0) is 59.1 Å². The molecule has 2 rings (SSSR count). The summed E-state index contributed by atoms with van der Waals surface area (Å²) in [5.41, 5.74) is 0.932. The Labute approximate surface area is 161 Å². The van der Waals surface area contributed by atoms with Crippen LogP contribution < -0.4 is 4.72 Å². The summed E-state index contributed by atoms with van der Waals surface area (Å²) in [6, 6.07) is 6.48. The molecule has 8 heteroatoms. The Morgan fingerprint density at radius 1 is 1.19 bits per heavy atom. The van der Waals surface area contributed by atoms with Crippen molar-refractivity contribution in [3.05, 3.63) is 29.8 Å². The Bertz CT molecular complexity index is 766. The van der Waals surface area contributed by atoms with Crippen LogP contribution in [-0.4, -0.2) is 49.9 Å². The average Bonchev–Trinajstić information content (AvgIpc) is 2.60. The van der Waals surface area contributed by atoms with Crippen molar-refractivity contribution >= 4 is 21.9 Å². The van der Waals surface area contributed by atoms with Gasteiger partial charge in [-0.1, -0.05) is 17.7 Å². The van der Waals surface area contributed by atoms with Gasteiger partial charge in [0.2, 0.25) is 10.0 Å². The number of esters is 1. The number of rotatable bonds is 6. The lowest BCUT2D eigenvalue weighted by molar-refractivity contribution is -0.161. The fourth-order valence-electron chi connectivity index (χ4n) is 3.31. The van der Waals surface area contributed by atoms with Crippen molar-refractivity contribution in [1.29, 1.82) is 0 Å². The number of ether oxygens (including phenoxy) is 1. The first-order valence-electron chi connectivity index (χ1n) is 9.20. The topological polar surface area (TPSA) is 92.8 Å². The van der Waals surface area contributed by atoms with Crippen molar-refractivity contribution in [2.45, 2.75) is 70.0 Å². The maximum atomic E-state index is 12.6. The first kappa shape index (κ1) is 21.4. The van der Waals surface area contributed by atoms with Gasteiger partial charge in [0.1, 0.15) is 6.54 Å². The van der Waals surface area contributed by atoms with Gasteiger partial charge in [0.05, 0.1) is 4.90 Å². The molecular weight excluding hydrogens is 368 g/mol. The van der Waals surface area contributed by atoms with Crippen molar-refractivity contribution in [1.82, 2.24) is 9.62 Å². The van der Waals surface area contributed by atoms with Crippen LogP contribution in [0.5, 0.6) is 0 Å². The molecule has 0 aliphatic carbocycles. The molecule has 0 bridgehead atoms. The van der Waals surface area contributed by atoms with E-state index in [-0.39, 0.29) is 22.9 Å². The fourth-order valence-corrected chi connectivity index (χ4v) is 4.28. The van der Waals surface area contributed by atoms with E-state index in [1.807, 2.05) is 20.8 Å². The van der Waals surface area contributed by atoms with E-state index in [4.69, 9.17) is 4.74 Å². The van der Waals surface area contributed by atoms with Crippen LogP contribution >= 0.6 is 0 Å². The van der Waals surface area contributed by atoms with Crippen molar-refractivity contribution in [3.63, 3.8) is 0 Å². The zero-order chi connectivity index (χ0) is 20.2. The average molecular weight is 397 g/mol. The number of aryl methyl sites for hydroxylation is 1. The second kappa shape index (κ2) is 8.84. The van der Waals surface area contributed by atoms with E-state index in [1.165, 1.54) is 19.1 Å². The molecule has 0 aromatic heterocycles. The van der Waals surface area contributed by atoms with E-state index in [2.05, 4.69) is 4.72 Å². The Morgan fingerprint density at radius 3 is 2.30 bits per heavy atom. The van der Waals surface area contributed by atoms with Gasteiger partial charge >= 0.3 is 5.97 Å². The smallest absolute Gasteiger partial charge is 0.321 e. The van der Waals surface area contributed by atoms with Crippen molar-refractivity contribution in [2.24, 2.45) is 0 Å². The molecule has 0 unspecified atom stereocenters. The molecule has 1 aliphatic heterocycles. The highest BCUT2D eigenvalue weighted by molar-refractivity contribution is 7.89. The van der Waals surface area contributed by atoms with Crippen molar-refractivity contribution < 1.29 is 22.7 Å². The predicted molar refractivity (Wildman–Crippen MR) is 102 cm³/mol. The lowest BCUT2D eigenvalue weighted by atomic mass is 9.97. The molecule has 0 saturated carbocycles. The van der Waals surface area contributed by atoms with E-state index in [1.54, 1.807) is 17.0 Å². The highest BCUT2D eigenvalue weighted by atomic mass is 32.2. The number of amides is 1. The second-order valence-corrected chi connectivity index (χ2v) is 8.91. The van der Waals surface area contributed by atoms with E-state index < -0.39 is 28.6 Å². The Balaban J connectivity index is 1.91. The van der Waals surface area contributed by atoms with Crippen LogP contribution in [0.3, 0.4) is 0 Å². The predicted octanol–water partition coefficient (Wildman–Crippen LogP) is 1.99. The van der Waals surface area contributed by atoms with E-state index in [0.717, 1.165) is 24.8 Å². The highest BCUT2D eigenvalue weighted by Gasteiger charge is 2.33. The number of hydrogen-bond acceptors (Lipinski definition) is 5. The molecule has 3 atom stereocenters. The molecule has 1 aromatic carbocycles. The molecule has 1 fully saturated rings. The lowest BCUT2D eigenvalue weighted by Gasteiger charge is -2.40. The van der Waals surface area contributed by atoms with E-state index in [9.17, 15) is 18.0 Å². The molecule has 1 N–H and O–H groups in total. The van der Waals surface area contributed by atoms with Crippen molar-refractivity contribution in [3.8, 4) is 0 Å². The molecule has 7 nitrogen and oxygen atoms in total. The van der Waals surface area contributed by atoms with Gasteiger partial charge in [-0.3, -0.25) is 9.59 Å². The minimum absolute atomic E-state index is 0.0704. The summed E-state index contributed by atoms with van der Waals surface area (Å²) >= 11 is 0. The van der Waals surface area contributed by atoms with Gasteiger partial charge in [0.15, 0.2) is 6.10 Å². The second-order valence-electron chi connectivity index (χ2n) is 7.14. The third kappa shape index (κ3) is 5.52. The molecule has 27 heavy (non-hydrogen) atoms. The van der Waals surface area contributed by atoms with Crippen LogP contribution in [0.2, 0.25) is 0 Å². The van der Waals surface area contributed by atoms with Gasteiger partial charge in [0.25, 0.3) is 5.91 Å². The van der Waals surface area contributed by atoms with E-state index >= 15 is 0 Å². The molecule has 150 valence electrons. The Morgan fingerprint density at radius 2 is 1.74 bits per heavy atom. The maximum Gasteiger partial charge on any atom is 0.321 e. The standard InChI is InChI=1S/C19H28N2O5S/c1-13-8-10-17(11-9-13)27(24,25)20-12-18(22)26-16(4)19(23)21-14(2)6-5-7-15(21)3/h8-11,14-16,20H,5-7,12H2,1-4H3/t14-,15+,16-/m0/s1. The first-order valence-corrected chi connectivity index (χ1v) is 10.7. The summed E-state index contributed by atoms with van der Waals surface area (Å²) in [5, 5.41) is 0. The summed E-state index contributed by atoms with van der Waals surface area (Å²) < 4.78 is 31.8. The third-order valence-electron chi connectivity index (χ3n) is 4.84. The molecular formula is C19H28N2O5S. The zero-order valence-electron chi connectivity index (χ0n) is 16.3. The summed E-state index contributed by atoms with van der Waals surface area (Å²) in [5.74, 6) is -1.03. The summed E-state index contributed by atoms with van der Waals surface area (Å²) in [4.78, 5) is 26.5. The van der Waals surface area contributed by atoms with Crippen LogP contribution in [0.4, 0.5) is 0 Å².